The summed E-state index contributed by atoms with van der Waals surface area (Å²) in [7, 11) is 0. The number of alkyl halides is 2. The number of carboxylic acids is 1. The van der Waals surface area contributed by atoms with Crippen molar-refractivity contribution in [1.29, 1.82) is 0 Å². The topological polar surface area (TPSA) is 157 Å². The number of hydrogen-bond donors (Lipinski definition) is 4. The average molecular weight is 365 g/mol. The molecule has 0 aliphatic carbocycles. The van der Waals surface area contributed by atoms with Crippen molar-refractivity contribution in [3.05, 3.63) is 22.7 Å². The minimum atomic E-state index is -3.83. The zero-order chi connectivity index (χ0) is 18.8. The normalized spacial score (nSPS) is 26.5. The minimum absolute atomic E-state index is 0.162. The number of aliphatic hydroxyl groups excluding tert-OH is 2. The largest absolute Gasteiger partial charge is 0.481 e. The summed E-state index contributed by atoms with van der Waals surface area (Å²) in [5.41, 5.74) is 4.20. The third-order valence-corrected chi connectivity index (χ3v) is 3.54. The van der Waals surface area contributed by atoms with Crippen LogP contribution in [0.2, 0.25) is 0 Å². The van der Waals surface area contributed by atoms with E-state index in [1.807, 2.05) is 0 Å². The van der Waals surface area contributed by atoms with E-state index in [9.17, 15) is 28.6 Å². The molecule has 4 atom stereocenters. The van der Waals surface area contributed by atoms with Crippen LogP contribution in [0.1, 0.15) is 19.1 Å². The van der Waals surface area contributed by atoms with E-state index in [1.54, 1.807) is 0 Å². The maximum absolute atomic E-state index is 14.2. The Bertz CT molecular complexity index is 684. The van der Waals surface area contributed by atoms with Gasteiger partial charge in [-0.15, -0.1) is 0 Å². The number of ether oxygens (including phenoxy) is 2. The molecule has 1 aliphatic heterocycles. The first-order valence-electron chi connectivity index (χ1n) is 7.20. The van der Waals surface area contributed by atoms with Crippen LogP contribution in [0.3, 0.4) is 0 Å². The van der Waals surface area contributed by atoms with E-state index in [2.05, 4.69) is 4.98 Å². The van der Waals surface area contributed by atoms with E-state index >= 15 is 0 Å². The molecule has 1 fully saturated rings. The number of carboxylic acid groups (broad SMARTS) is 1. The van der Waals surface area contributed by atoms with Crippen molar-refractivity contribution in [3.63, 3.8) is 0 Å². The Morgan fingerprint density at radius 2 is 2.24 bits per heavy atom. The molecular formula is C13H17F2N3O7. The highest BCUT2D eigenvalue weighted by Gasteiger charge is 2.59. The molecule has 2 unspecified atom stereocenters. The van der Waals surface area contributed by atoms with E-state index < -0.39 is 48.9 Å². The number of nitrogens with zero attached hydrogens (tertiary/aromatic N) is 2. The molecular weight excluding hydrogens is 348 g/mol. The van der Waals surface area contributed by atoms with E-state index in [1.165, 1.54) is 0 Å². The standard InChI is InChI=1S/C13H17F2N3O7/c14-13(15)10(22)6(5-24-9(21)2-1-8(19)20)25-11(13)18-4-3-7(16)17-12(18)23/h3-4,6,9-11,21-22H,1-2,5H2,(H,19,20)(H2,16,17,23)/t6-,9?,10?,11-/m1/s1. The number of aliphatic carboxylic acids is 1. The van der Waals surface area contributed by atoms with Crippen LogP contribution in [0.5, 0.6) is 0 Å². The van der Waals surface area contributed by atoms with Crippen LogP contribution >= 0.6 is 0 Å². The zero-order valence-corrected chi connectivity index (χ0v) is 12.8. The van der Waals surface area contributed by atoms with E-state index in [0.717, 1.165) is 12.3 Å². The first kappa shape index (κ1) is 19.2. The van der Waals surface area contributed by atoms with Crippen LogP contribution in [0.25, 0.3) is 0 Å². The summed E-state index contributed by atoms with van der Waals surface area (Å²) in [6.45, 7) is -0.634. The molecule has 0 spiro atoms. The fourth-order valence-electron chi connectivity index (χ4n) is 2.25. The minimum Gasteiger partial charge on any atom is -0.481 e. The zero-order valence-electron chi connectivity index (χ0n) is 12.8. The maximum atomic E-state index is 14.2. The lowest BCUT2D eigenvalue weighted by atomic mass is 10.1. The lowest BCUT2D eigenvalue weighted by molar-refractivity contribution is -0.154. The van der Waals surface area contributed by atoms with Gasteiger partial charge in [-0.2, -0.15) is 13.8 Å². The molecule has 1 saturated heterocycles. The number of nitrogen functional groups attached to an aromatic ring is 1. The maximum Gasteiger partial charge on any atom is 0.351 e. The van der Waals surface area contributed by atoms with Crippen LogP contribution in [0.15, 0.2) is 17.1 Å². The van der Waals surface area contributed by atoms with Gasteiger partial charge in [-0.25, -0.2) is 4.79 Å². The van der Waals surface area contributed by atoms with Crippen molar-refractivity contribution >= 4 is 11.8 Å². The fourth-order valence-corrected chi connectivity index (χ4v) is 2.25. The summed E-state index contributed by atoms with van der Waals surface area (Å²) < 4.78 is 38.7. The Balaban J connectivity index is 2.06. The van der Waals surface area contributed by atoms with Gasteiger partial charge in [0, 0.05) is 12.6 Å². The van der Waals surface area contributed by atoms with Gasteiger partial charge in [-0.3, -0.25) is 9.36 Å². The molecule has 0 radical (unpaired) electrons. The number of anilines is 1. The predicted octanol–water partition coefficient (Wildman–Crippen LogP) is -1.08. The number of nitrogens with two attached hydrogens (primary N) is 1. The number of rotatable bonds is 7. The lowest BCUT2D eigenvalue weighted by Gasteiger charge is -2.20. The molecule has 5 N–H and O–H groups in total. The van der Waals surface area contributed by atoms with Crippen molar-refractivity contribution < 1.29 is 38.4 Å². The SMILES string of the molecule is Nc1ccn([C@@H]2O[C@H](COC(O)CCC(=O)O)C(O)C2(F)F)c(=O)n1. The predicted molar refractivity (Wildman–Crippen MR) is 76.6 cm³/mol. The number of carbonyl (C=O) groups is 1. The van der Waals surface area contributed by atoms with E-state index in [4.69, 9.17) is 20.3 Å². The van der Waals surface area contributed by atoms with Gasteiger partial charge in [0.05, 0.1) is 13.0 Å². The molecule has 2 heterocycles. The molecule has 1 aliphatic rings. The molecule has 10 nitrogen and oxygen atoms in total. The summed E-state index contributed by atoms with van der Waals surface area (Å²) in [6.07, 6.45) is -7.22. The van der Waals surface area contributed by atoms with E-state index in [0.29, 0.717) is 4.57 Å². The molecule has 2 rings (SSSR count). The summed E-state index contributed by atoms with van der Waals surface area (Å²) >= 11 is 0. The van der Waals surface area contributed by atoms with Crippen molar-refractivity contribution in [1.82, 2.24) is 9.55 Å². The third-order valence-electron chi connectivity index (χ3n) is 3.54. The molecule has 12 heteroatoms. The molecule has 0 aromatic carbocycles. The summed E-state index contributed by atoms with van der Waals surface area (Å²) in [4.78, 5) is 25.4. The Hall–Kier alpha value is -2.15. The number of aliphatic hydroxyl groups is 2. The summed E-state index contributed by atoms with van der Waals surface area (Å²) in [5, 5.41) is 27.7. The number of aromatic nitrogens is 2. The molecule has 0 bridgehead atoms. The molecule has 0 amide bonds. The Morgan fingerprint density at radius 1 is 1.56 bits per heavy atom. The van der Waals surface area contributed by atoms with Crippen LogP contribution in [0.4, 0.5) is 14.6 Å². The van der Waals surface area contributed by atoms with Gasteiger partial charge in [0.1, 0.15) is 11.9 Å². The van der Waals surface area contributed by atoms with Crippen LogP contribution in [-0.4, -0.2) is 61.9 Å². The summed E-state index contributed by atoms with van der Waals surface area (Å²) in [6, 6.07) is 1.12. The second-order valence-electron chi connectivity index (χ2n) is 5.41. The third kappa shape index (κ3) is 4.28. The van der Waals surface area contributed by atoms with Gasteiger partial charge in [-0.05, 0) is 6.07 Å². The molecule has 25 heavy (non-hydrogen) atoms. The highest BCUT2D eigenvalue weighted by Crippen LogP contribution is 2.42. The highest BCUT2D eigenvalue weighted by atomic mass is 19.3. The van der Waals surface area contributed by atoms with Crippen molar-refractivity contribution in [2.45, 2.75) is 43.5 Å². The van der Waals surface area contributed by atoms with Gasteiger partial charge >= 0.3 is 17.6 Å². The van der Waals surface area contributed by atoms with Crippen molar-refractivity contribution in [2.75, 3.05) is 12.3 Å². The Labute approximate surface area is 139 Å². The van der Waals surface area contributed by atoms with Gasteiger partial charge in [0.25, 0.3) is 0 Å². The number of halogens is 2. The first-order chi connectivity index (χ1) is 11.6. The van der Waals surface area contributed by atoms with Crippen LogP contribution < -0.4 is 11.4 Å². The number of hydrogen-bond acceptors (Lipinski definition) is 8. The molecule has 1 aromatic rings. The average Bonchev–Trinajstić information content (AvgIpc) is 2.74. The van der Waals surface area contributed by atoms with Crippen LogP contribution in [0, 0.1) is 0 Å². The highest BCUT2D eigenvalue weighted by molar-refractivity contribution is 5.66. The lowest BCUT2D eigenvalue weighted by Crippen LogP contribution is -2.42. The fraction of sp³-hybridized carbons (Fsp3) is 0.615. The van der Waals surface area contributed by atoms with Crippen LogP contribution in [-0.2, 0) is 14.3 Å². The van der Waals surface area contributed by atoms with E-state index in [-0.39, 0.29) is 18.7 Å². The van der Waals surface area contributed by atoms with Gasteiger partial charge in [0.2, 0.25) is 6.23 Å². The Morgan fingerprint density at radius 3 is 2.84 bits per heavy atom. The van der Waals surface area contributed by atoms with Crippen molar-refractivity contribution in [3.8, 4) is 0 Å². The monoisotopic (exact) mass is 365 g/mol. The molecule has 140 valence electrons. The van der Waals surface area contributed by atoms with Gasteiger partial charge in [-0.1, -0.05) is 0 Å². The van der Waals surface area contributed by atoms with Gasteiger partial charge in [0.15, 0.2) is 12.4 Å². The smallest absolute Gasteiger partial charge is 0.351 e. The molecule has 1 aromatic heterocycles. The second-order valence-corrected chi connectivity index (χ2v) is 5.41. The second kappa shape index (κ2) is 7.39. The van der Waals surface area contributed by atoms with Crippen molar-refractivity contribution in [2.24, 2.45) is 0 Å². The quantitative estimate of drug-likeness (QED) is 0.441. The molecule has 0 saturated carbocycles. The summed E-state index contributed by atoms with van der Waals surface area (Å²) in [5.74, 6) is -5.16. The Kier molecular flexibility index (Phi) is 5.67. The first-order valence-corrected chi connectivity index (χ1v) is 7.20. The van der Waals surface area contributed by atoms with Gasteiger partial charge < -0.3 is 30.5 Å².